The minimum absolute atomic E-state index is 0.172. The zero-order valence-electron chi connectivity index (χ0n) is 29.1. The first kappa shape index (κ1) is 37.9. The molecule has 1 atom stereocenters. The Kier molecular flexibility index (Phi) is 14.7. The second-order valence-corrected chi connectivity index (χ2v) is 13.7. The topological polar surface area (TPSA) is 123 Å². The van der Waals surface area contributed by atoms with Gasteiger partial charge in [-0.05, 0) is 97.2 Å². The van der Waals surface area contributed by atoms with Crippen molar-refractivity contribution < 1.29 is 19.1 Å². The molecule has 6 aromatic rings. The minimum Gasteiger partial charge on any atom is -0.612 e. The van der Waals surface area contributed by atoms with Crippen LogP contribution >= 0.6 is 11.3 Å². The molecule has 0 spiro atoms. The molecule has 6 rings (SSSR count). The number of benzene rings is 2. The molecule has 262 valence electrons. The van der Waals surface area contributed by atoms with Gasteiger partial charge in [0.1, 0.15) is 23.6 Å². The number of fused-ring (bicyclic) bond motifs is 1. The van der Waals surface area contributed by atoms with Crippen LogP contribution in [0.15, 0.2) is 114 Å². The fourth-order valence-corrected chi connectivity index (χ4v) is 6.01. The number of pyridine rings is 2. The fraction of sp³-hybridized carbons (Fsp3) is 0.237. The van der Waals surface area contributed by atoms with Crippen LogP contribution in [0.5, 0.6) is 17.2 Å². The summed E-state index contributed by atoms with van der Waals surface area (Å²) in [6, 6.07) is 24.8. The van der Waals surface area contributed by atoms with Crippen LogP contribution < -0.4 is 14.4 Å². The summed E-state index contributed by atoms with van der Waals surface area (Å²) in [7, 11) is 7.32. The smallest absolute Gasteiger partial charge is 0.178 e. The van der Waals surface area contributed by atoms with E-state index in [0.29, 0.717) is 23.0 Å². The highest BCUT2D eigenvalue weighted by atomic mass is 32.2. The fourth-order valence-electron chi connectivity index (χ4n) is 4.76. The van der Waals surface area contributed by atoms with Crippen LogP contribution in [-0.2, 0) is 24.1 Å². The molecule has 1 unspecified atom stereocenters. The van der Waals surface area contributed by atoms with E-state index in [1.807, 2.05) is 54.7 Å². The maximum absolute atomic E-state index is 11.5. The third-order valence-corrected chi connectivity index (χ3v) is 9.14. The van der Waals surface area contributed by atoms with Gasteiger partial charge in [0.25, 0.3) is 0 Å². The summed E-state index contributed by atoms with van der Waals surface area (Å²) in [5, 5.41) is 11.4. The Balaban J connectivity index is 0.000000174. The van der Waals surface area contributed by atoms with Crippen molar-refractivity contribution in [3.63, 3.8) is 0 Å². The van der Waals surface area contributed by atoms with Gasteiger partial charge in [-0.2, -0.15) is 0 Å². The lowest BCUT2D eigenvalue weighted by atomic mass is 10.1. The zero-order valence-corrected chi connectivity index (χ0v) is 30.7. The number of ether oxygens (including phenoxy) is 2. The van der Waals surface area contributed by atoms with Crippen LogP contribution in [0.2, 0.25) is 0 Å². The van der Waals surface area contributed by atoms with Crippen LogP contribution in [-0.4, -0.2) is 82.2 Å². The van der Waals surface area contributed by atoms with E-state index in [2.05, 4.69) is 74.0 Å². The number of rotatable bonds is 12. The van der Waals surface area contributed by atoms with Crippen LogP contribution in [0.3, 0.4) is 0 Å². The van der Waals surface area contributed by atoms with Crippen molar-refractivity contribution >= 4 is 39.5 Å². The molecule has 0 bridgehead atoms. The monoisotopic (exact) mass is 712 g/mol. The van der Waals surface area contributed by atoms with Gasteiger partial charge in [0.05, 0.1) is 31.8 Å². The number of aromatic amines is 1. The van der Waals surface area contributed by atoms with Crippen LogP contribution in [0, 0.1) is 0 Å². The summed E-state index contributed by atoms with van der Waals surface area (Å²) < 4.78 is 21.8. The summed E-state index contributed by atoms with van der Waals surface area (Å²) in [6.45, 7) is 6.58. The molecule has 0 saturated carbocycles. The molecule has 0 saturated heterocycles. The number of aromatic nitrogens is 4. The molecule has 4 aromatic heterocycles. The number of methoxy groups -OCH3 is 2. The van der Waals surface area contributed by atoms with Crippen molar-refractivity contribution in [3.8, 4) is 28.6 Å². The van der Waals surface area contributed by atoms with Crippen LogP contribution in [0.1, 0.15) is 10.4 Å². The summed E-state index contributed by atoms with van der Waals surface area (Å²) >= 11 is 0.754. The highest BCUT2D eigenvalue weighted by Gasteiger charge is 2.15. The second kappa shape index (κ2) is 19.3. The third kappa shape index (κ3) is 11.1. The minimum atomic E-state index is -1.04. The third-order valence-electron chi connectivity index (χ3n) is 7.36. The van der Waals surface area contributed by atoms with Crippen LogP contribution in [0.25, 0.3) is 22.6 Å². The number of nitrogens with zero attached hydrogens (tertiary/aromatic N) is 5. The highest BCUT2D eigenvalue weighted by Crippen LogP contribution is 2.31. The van der Waals surface area contributed by atoms with Crippen molar-refractivity contribution in [1.29, 1.82) is 0 Å². The molecule has 12 heteroatoms. The summed E-state index contributed by atoms with van der Waals surface area (Å²) in [5.41, 5.74) is 3.43. The van der Waals surface area contributed by atoms with Crippen molar-refractivity contribution in [2.75, 3.05) is 52.6 Å². The number of thiophene rings is 1. The maximum atomic E-state index is 11.5. The van der Waals surface area contributed by atoms with E-state index in [1.165, 1.54) is 12.0 Å². The first-order valence-electron chi connectivity index (χ1n) is 15.8. The predicted octanol–water partition coefficient (Wildman–Crippen LogP) is 7.21. The van der Waals surface area contributed by atoms with E-state index in [0.717, 1.165) is 53.4 Å². The Labute approximate surface area is 301 Å². The van der Waals surface area contributed by atoms with E-state index >= 15 is 0 Å². The molecular formula is C38H44N6O4S2. The van der Waals surface area contributed by atoms with Gasteiger partial charge in [-0.1, -0.05) is 24.3 Å². The maximum Gasteiger partial charge on any atom is 0.178 e. The SMILES string of the molecule is C=CCc1ccc(O)c(OC)c1.CN(C)CCN(Cc1cccs1)c1ccccn1.COc1cc([S+](C)[O-])ccc1-c1nc2ncccc2[nH]1. The molecule has 0 aliphatic carbocycles. The lowest BCUT2D eigenvalue weighted by Gasteiger charge is -2.24. The number of imidazole rings is 1. The van der Waals surface area contributed by atoms with Gasteiger partial charge < -0.3 is 33.9 Å². The number of phenols is 1. The van der Waals surface area contributed by atoms with Crippen LogP contribution in [0.4, 0.5) is 5.82 Å². The Hall–Kier alpha value is -4.88. The number of anilines is 1. The largest absolute Gasteiger partial charge is 0.612 e. The molecule has 0 radical (unpaired) electrons. The Morgan fingerprint density at radius 1 is 0.940 bits per heavy atom. The molecule has 10 nitrogen and oxygen atoms in total. The number of likely N-dealkylation sites (N-methyl/N-ethyl adjacent to an activating group) is 1. The Morgan fingerprint density at radius 3 is 2.38 bits per heavy atom. The summed E-state index contributed by atoms with van der Waals surface area (Å²) in [4.78, 5) is 22.9. The van der Waals surface area contributed by atoms with E-state index in [-0.39, 0.29) is 5.75 Å². The van der Waals surface area contributed by atoms with Gasteiger partial charge in [0.2, 0.25) is 0 Å². The number of aromatic hydroxyl groups is 1. The number of hydrogen-bond acceptors (Lipinski definition) is 10. The highest BCUT2D eigenvalue weighted by molar-refractivity contribution is 7.90. The van der Waals surface area contributed by atoms with E-state index in [4.69, 9.17) is 9.47 Å². The van der Waals surface area contributed by atoms with Crippen molar-refractivity contribution in [2.45, 2.75) is 17.9 Å². The average Bonchev–Trinajstić information content (AvgIpc) is 3.82. The van der Waals surface area contributed by atoms with E-state index in [1.54, 1.807) is 49.1 Å². The molecule has 0 amide bonds. The molecule has 0 aliphatic rings. The van der Waals surface area contributed by atoms with Gasteiger partial charge in [-0.25, -0.2) is 15.0 Å². The second-order valence-electron chi connectivity index (χ2n) is 11.3. The molecule has 4 heterocycles. The predicted molar refractivity (Wildman–Crippen MR) is 205 cm³/mol. The van der Waals surface area contributed by atoms with Gasteiger partial charge in [0.15, 0.2) is 22.0 Å². The van der Waals surface area contributed by atoms with Gasteiger partial charge >= 0.3 is 0 Å². The van der Waals surface area contributed by atoms with E-state index < -0.39 is 11.2 Å². The van der Waals surface area contributed by atoms with Gasteiger partial charge in [-0.3, -0.25) is 0 Å². The standard InChI is InChI=1S/C14H13N3O2S.C14H19N3S.C10H12O2/c1-19-12-8-9(20(2)18)5-6-10(12)13-16-11-4-3-7-15-14(11)17-13;1-16(2)9-10-17(12-13-6-5-11-18-13)14-7-3-4-8-15-14;1-3-4-8-5-6-9(11)10(7-8)12-2/h3-8H,1-2H3,(H,15,16,17);3-8,11H,9-10,12H2,1-2H3;3,5-7,11H,1,4H2,2H3. The number of nitrogens with one attached hydrogen (secondary N) is 1. The molecular weight excluding hydrogens is 669 g/mol. The summed E-state index contributed by atoms with van der Waals surface area (Å²) in [5.74, 6) is 3.05. The lowest BCUT2D eigenvalue weighted by Crippen LogP contribution is -2.31. The number of H-pyrrole nitrogens is 1. The van der Waals surface area contributed by atoms with Crippen molar-refractivity contribution in [1.82, 2.24) is 24.8 Å². The Morgan fingerprint density at radius 2 is 1.74 bits per heavy atom. The number of phenolic OH excluding ortho intramolecular Hbond substituents is 1. The quantitative estimate of drug-likeness (QED) is 0.100. The van der Waals surface area contributed by atoms with Crippen molar-refractivity contribution in [2.24, 2.45) is 0 Å². The van der Waals surface area contributed by atoms with E-state index in [9.17, 15) is 9.66 Å². The molecule has 2 aromatic carbocycles. The van der Waals surface area contributed by atoms with Crippen molar-refractivity contribution in [3.05, 3.63) is 120 Å². The molecule has 50 heavy (non-hydrogen) atoms. The number of hydrogen-bond donors (Lipinski definition) is 2. The molecule has 0 fully saturated rings. The molecule has 2 N–H and O–H groups in total. The number of allylic oxidation sites excluding steroid dienone is 1. The lowest BCUT2D eigenvalue weighted by molar-refractivity contribution is 0.373. The first-order valence-corrected chi connectivity index (χ1v) is 18.3. The van der Waals surface area contributed by atoms with Gasteiger partial charge in [-0.15, -0.1) is 17.9 Å². The van der Waals surface area contributed by atoms with Gasteiger partial charge in [0, 0.05) is 36.4 Å². The first-order chi connectivity index (χ1) is 24.2. The zero-order chi connectivity index (χ0) is 35.9. The average molecular weight is 713 g/mol. The normalized spacial score (nSPS) is 11.2. The molecule has 0 aliphatic heterocycles. The summed E-state index contributed by atoms with van der Waals surface area (Å²) in [6.07, 6.45) is 7.79. The Bertz CT molecular complexity index is 1870.